The van der Waals surface area contributed by atoms with Crippen LogP contribution in [0.4, 0.5) is 4.39 Å². The average Bonchev–Trinajstić information content (AvgIpc) is 3.33. The molecule has 1 atom stereocenters. The molecule has 2 aromatic carbocycles. The summed E-state index contributed by atoms with van der Waals surface area (Å²) in [7, 11) is 0. The number of rotatable bonds is 4. The van der Waals surface area contributed by atoms with E-state index in [9.17, 15) is 9.18 Å². The molecule has 0 bridgehead atoms. The third-order valence-electron chi connectivity index (χ3n) is 4.96. The summed E-state index contributed by atoms with van der Waals surface area (Å²) < 4.78 is 16.4. The molecule has 3 heterocycles. The van der Waals surface area contributed by atoms with E-state index >= 15 is 0 Å². The quantitative estimate of drug-likeness (QED) is 0.512. The van der Waals surface area contributed by atoms with E-state index in [0.717, 1.165) is 16.6 Å². The SMILES string of the molecule is C[C@@H](Cc1cc(=O)n2[nH]c(-c3ccc(F)cc3)cc2n1)n1nnc2ccccc21. The Morgan fingerprint density at radius 1 is 1.10 bits per heavy atom. The van der Waals surface area contributed by atoms with E-state index in [0.29, 0.717) is 23.5 Å². The summed E-state index contributed by atoms with van der Waals surface area (Å²) in [4.78, 5) is 17.2. The first-order valence-electron chi connectivity index (χ1n) is 9.26. The van der Waals surface area contributed by atoms with Crippen molar-refractivity contribution in [1.82, 2.24) is 29.6 Å². The zero-order valence-corrected chi connectivity index (χ0v) is 15.6. The third kappa shape index (κ3) is 3.08. The minimum absolute atomic E-state index is 0.0211. The number of hydrogen-bond donors (Lipinski definition) is 1. The number of fused-ring (bicyclic) bond motifs is 2. The van der Waals surface area contributed by atoms with Gasteiger partial charge in [-0.25, -0.2) is 18.6 Å². The molecule has 144 valence electrons. The molecule has 5 aromatic rings. The second kappa shape index (κ2) is 6.66. The lowest BCUT2D eigenvalue weighted by Crippen LogP contribution is -2.18. The highest BCUT2D eigenvalue weighted by atomic mass is 19.1. The Morgan fingerprint density at radius 2 is 1.90 bits per heavy atom. The van der Waals surface area contributed by atoms with Gasteiger partial charge in [0.05, 0.1) is 22.9 Å². The van der Waals surface area contributed by atoms with Crippen LogP contribution in [0.25, 0.3) is 27.9 Å². The summed E-state index contributed by atoms with van der Waals surface area (Å²) in [6.45, 7) is 2.02. The predicted octanol–water partition coefficient (Wildman–Crippen LogP) is 3.38. The predicted molar refractivity (Wildman–Crippen MR) is 107 cm³/mol. The van der Waals surface area contributed by atoms with Crippen LogP contribution in [0, 0.1) is 5.82 Å². The van der Waals surface area contributed by atoms with Gasteiger partial charge in [-0.05, 0) is 48.9 Å². The summed E-state index contributed by atoms with van der Waals surface area (Å²) in [5, 5.41) is 11.5. The molecule has 0 radical (unpaired) electrons. The fraction of sp³-hybridized carbons (Fsp3) is 0.143. The monoisotopic (exact) mass is 388 g/mol. The van der Waals surface area contributed by atoms with E-state index in [1.54, 1.807) is 18.2 Å². The van der Waals surface area contributed by atoms with E-state index < -0.39 is 0 Å². The minimum Gasteiger partial charge on any atom is -0.289 e. The van der Waals surface area contributed by atoms with Gasteiger partial charge in [0.1, 0.15) is 11.3 Å². The summed E-state index contributed by atoms with van der Waals surface area (Å²) in [5.41, 5.74) is 4.24. The van der Waals surface area contributed by atoms with Gasteiger partial charge in [0, 0.05) is 18.6 Å². The first-order valence-corrected chi connectivity index (χ1v) is 9.26. The molecular formula is C21H17FN6O. The maximum absolute atomic E-state index is 13.2. The van der Waals surface area contributed by atoms with Gasteiger partial charge in [-0.15, -0.1) is 5.10 Å². The Labute approximate surface area is 164 Å². The van der Waals surface area contributed by atoms with Crippen molar-refractivity contribution in [2.75, 3.05) is 0 Å². The Balaban J connectivity index is 1.49. The van der Waals surface area contributed by atoms with Crippen molar-refractivity contribution >= 4 is 16.7 Å². The molecular weight excluding hydrogens is 371 g/mol. The van der Waals surface area contributed by atoms with Crippen LogP contribution in [-0.2, 0) is 6.42 Å². The van der Waals surface area contributed by atoms with Crippen LogP contribution < -0.4 is 5.56 Å². The molecule has 0 amide bonds. The normalized spacial score (nSPS) is 12.6. The van der Waals surface area contributed by atoms with Crippen LogP contribution in [0.2, 0.25) is 0 Å². The molecule has 0 saturated heterocycles. The zero-order chi connectivity index (χ0) is 20.0. The van der Waals surface area contributed by atoms with Crippen LogP contribution in [0.1, 0.15) is 18.7 Å². The van der Waals surface area contributed by atoms with E-state index in [1.165, 1.54) is 22.7 Å². The van der Waals surface area contributed by atoms with Crippen molar-refractivity contribution in [3.8, 4) is 11.3 Å². The number of para-hydroxylation sites is 1. The summed E-state index contributed by atoms with van der Waals surface area (Å²) in [6, 6.07) is 17.1. The highest BCUT2D eigenvalue weighted by Gasteiger charge is 2.14. The fourth-order valence-electron chi connectivity index (χ4n) is 3.52. The molecule has 0 spiro atoms. The van der Waals surface area contributed by atoms with Crippen molar-refractivity contribution in [1.29, 1.82) is 0 Å². The number of H-pyrrole nitrogens is 1. The van der Waals surface area contributed by atoms with Crippen molar-refractivity contribution in [2.24, 2.45) is 0 Å². The molecule has 8 heteroatoms. The van der Waals surface area contributed by atoms with Crippen LogP contribution >= 0.6 is 0 Å². The summed E-state index contributed by atoms with van der Waals surface area (Å²) >= 11 is 0. The van der Waals surface area contributed by atoms with E-state index in [4.69, 9.17) is 0 Å². The van der Waals surface area contributed by atoms with Gasteiger partial charge in [-0.3, -0.25) is 9.89 Å². The fourth-order valence-corrected chi connectivity index (χ4v) is 3.52. The first kappa shape index (κ1) is 17.3. The first-order chi connectivity index (χ1) is 14.1. The largest absolute Gasteiger partial charge is 0.289 e. The van der Waals surface area contributed by atoms with Gasteiger partial charge in [0.2, 0.25) is 0 Å². The van der Waals surface area contributed by atoms with E-state index in [2.05, 4.69) is 20.4 Å². The lowest BCUT2D eigenvalue weighted by Gasteiger charge is -2.12. The lowest BCUT2D eigenvalue weighted by molar-refractivity contribution is 0.484. The van der Waals surface area contributed by atoms with E-state index in [1.807, 2.05) is 35.9 Å². The van der Waals surface area contributed by atoms with Crippen LogP contribution in [-0.4, -0.2) is 29.6 Å². The number of benzene rings is 2. The number of aromatic amines is 1. The number of hydrogen-bond acceptors (Lipinski definition) is 4. The Morgan fingerprint density at radius 3 is 2.72 bits per heavy atom. The molecule has 1 N–H and O–H groups in total. The molecule has 0 aliphatic heterocycles. The molecule has 0 fully saturated rings. The Hall–Kier alpha value is -3.81. The van der Waals surface area contributed by atoms with Crippen molar-refractivity contribution in [2.45, 2.75) is 19.4 Å². The average molecular weight is 388 g/mol. The van der Waals surface area contributed by atoms with Crippen LogP contribution in [0.3, 0.4) is 0 Å². The third-order valence-corrected chi connectivity index (χ3v) is 4.96. The maximum atomic E-state index is 13.2. The number of halogens is 1. The molecule has 3 aromatic heterocycles. The highest BCUT2D eigenvalue weighted by Crippen LogP contribution is 2.21. The summed E-state index contributed by atoms with van der Waals surface area (Å²) in [6.07, 6.45) is 0.538. The minimum atomic E-state index is -0.308. The maximum Gasteiger partial charge on any atom is 0.272 e. The smallest absolute Gasteiger partial charge is 0.272 e. The highest BCUT2D eigenvalue weighted by molar-refractivity contribution is 5.74. The molecule has 0 aliphatic rings. The molecule has 5 rings (SSSR count). The van der Waals surface area contributed by atoms with Crippen LogP contribution in [0.15, 0.2) is 65.5 Å². The van der Waals surface area contributed by atoms with Gasteiger partial charge in [-0.1, -0.05) is 17.3 Å². The van der Waals surface area contributed by atoms with Gasteiger partial charge in [-0.2, -0.15) is 0 Å². The second-order valence-corrected chi connectivity index (χ2v) is 7.03. The zero-order valence-electron chi connectivity index (χ0n) is 15.6. The Kier molecular flexibility index (Phi) is 3.97. The van der Waals surface area contributed by atoms with Gasteiger partial charge in [0.25, 0.3) is 5.56 Å². The van der Waals surface area contributed by atoms with E-state index in [-0.39, 0.29) is 17.4 Å². The topological polar surface area (TPSA) is 80.9 Å². The van der Waals surface area contributed by atoms with Gasteiger partial charge in [0.15, 0.2) is 5.65 Å². The Bertz CT molecular complexity index is 1380. The molecule has 29 heavy (non-hydrogen) atoms. The lowest BCUT2D eigenvalue weighted by atomic mass is 10.1. The van der Waals surface area contributed by atoms with Gasteiger partial charge < -0.3 is 0 Å². The molecule has 0 unspecified atom stereocenters. The number of aromatic nitrogens is 6. The van der Waals surface area contributed by atoms with Gasteiger partial charge >= 0.3 is 0 Å². The van der Waals surface area contributed by atoms with Crippen molar-refractivity contribution < 1.29 is 4.39 Å². The standard InChI is InChI=1S/C21H17FN6O/c1-13(27-19-5-3-2-4-17(19)24-26-27)10-16-11-21(29)28-20(23-16)12-18(25-28)14-6-8-15(22)9-7-14/h2-9,11-13,25H,10H2,1H3/t13-/m0/s1. The van der Waals surface area contributed by atoms with Crippen LogP contribution in [0.5, 0.6) is 0 Å². The number of nitrogens with zero attached hydrogens (tertiary/aromatic N) is 5. The molecule has 0 aliphatic carbocycles. The molecule has 0 saturated carbocycles. The summed E-state index contributed by atoms with van der Waals surface area (Å²) in [5.74, 6) is -0.308. The molecule has 7 nitrogen and oxygen atoms in total. The van der Waals surface area contributed by atoms with Crippen molar-refractivity contribution in [3.63, 3.8) is 0 Å². The number of nitrogens with one attached hydrogen (secondary N) is 1. The second-order valence-electron chi connectivity index (χ2n) is 7.03. The van der Waals surface area contributed by atoms with Crippen molar-refractivity contribution in [3.05, 3.63) is 82.5 Å².